The molecule has 1 aliphatic heterocycles. The molecule has 2 rings (SSSR count). The topological polar surface area (TPSA) is 101 Å². The SMILES string of the molecule is NS(=O)(=O)Cc1ccc(NC(=O)CC2CCNC2)cc1. The Balaban J connectivity index is 1.88. The number of nitrogens with one attached hydrogen (secondary N) is 2. The number of hydrogen-bond acceptors (Lipinski definition) is 4. The molecular weight excluding hydrogens is 278 g/mol. The van der Waals surface area contributed by atoms with Crippen LogP contribution in [0.4, 0.5) is 5.69 Å². The summed E-state index contributed by atoms with van der Waals surface area (Å²) in [6.07, 6.45) is 1.53. The molecule has 6 nitrogen and oxygen atoms in total. The third-order valence-electron chi connectivity index (χ3n) is 3.24. The van der Waals surface area contributed by atoms with Crippen molar-refractivity contribution in [2.75, 3.05) is 18.4 Å². The molecule has 7 heteroatoms. The van der Waals surface area contributed by atoms with Crippen molar-refractivity contribution in [1.82, 2.24) is 5.32 Å². The van der Waals surface area contributed by atoms with Gasteiger partial charge in [0, 0.05) is 12.1 Å². The lowest BCUT2D eigenvalue weighted by atomic mass is 10.0. The fourth-order valence-corrected chi connectivity index (χ4v) is 2.94. The molecule has 1 unspecified atom stereocenters. The van der Waals surface area contributed by atoms with Gasteiger partial charge in [0.15, 0.2) is 0 Å². The highest BCUT2D eigenvalue weighted by molar-refractivity contribution is 7.88. The highest BCUT2D eigenvalue weighted by atomic mass is 32.2. The molecule has 1 amide bonds. The molecule has 20 heavy (non-hydrogen) atoms. The number of sulfonamides is 1. The van der Waals surface area contributed by atoms with Crippen molar-refractivity contribution in [2.24, 2.45) is 11.1 Å². The number of rotatable bonds is 5. The summed E-state index contributed by atoms with van der Waals surface area (Å²) in [7, 11) is -3.52. The average Bonchev–Trinajstić information content (AvgIpc) is 2.82. The molecule has 1 aromatic rings. The minimum absolute atomic E-state index is 0.0158. The lowest BCUT2D eigenvalue weighted by Gasteiger charge is -2.09. The normalized spacial score (nSPS) is 18.9. The first-order chi connectivity index (χ1) is 9.42. The molecule has 0 saturated carbocycles. The molecule has 1 aliphatic rings. The summed E-state index contributed by atoms with van der Waals surface area (Å²) >= 11 is 0. The van der Waals surface area contributed by atoms with Crippen LogP contribution >= 0.6 is 0 Å². The van der Waals surface area contributed by atoms with Crippen LogP contribution in [-0.2, 0) is 20.6 Å². The fraction of sp³-hybridized carbons (Fsp3) is 0.462. The van der Waals surface area contributed by atoms with Crippen molar-refractivity contribution in [2.45, 2.75) is 18.6 Å². The summed E-state index contributed by atoms with van der Waals surface area (Å²) in [6, 6.07) is 6.67. The van der Waals surface area contributed by atoms with E-state index in [1.54, 1.807) is 24.3 Å². The minimum atomic E-state index is -3.52. The molecule has 0 aliphatic carbocycles. The molecular formula is C13H19N3O3S. The van der Waals surface area contributed by atoms with Gasteiger partial charge in [-0.25, -0.2) is 13.6 Å². The average molecular weight is 297 g/mol. The Morgan fingerprint density at radius 1 is 1.35 bits per heavy atom. The van der Waals surface area contributed by atoms with E-state index < -0.39 is 10.0 Å². The maximum absolute atomic E-state index is 11.8. The number of carbonyl (C=O) groups is 1. The third kappa shape index (κ3) is 4.92. The van der Waals surface area contributed by atoms with Gasteiger partial charge in [0.25, 0.3) is 0 Å². The molecule has 1 saturated heterocycles. The summed E-state index contributed by atoms with van der Waals surface area (Å²) in [5, 5.41) is 11.0. The van der Waals surface area contributed by atoms with Crippen LogP contribution < -0.4 is 15.8 Å². The number of benzene rings is 1. The molecule has 110 valence electrons. The smallest absolute Gasteiger partial charge is 0.224 e. The van der Waals surface area contributed by atoms with Crippen LogP contribution in [0, 0.1) is 5.92 Å². The lowest BCUT2D eigenvalue weighted by molar-refractivity contribution is -0.116. The Hall–Kier alpha value is -1.44. The van der Waals surface area contributed by atoms with Crippen LogP contribution in [-0.4, -0.2) is 27.4 Å². The van der Waals surface area contributed by atoms with Crippen molar-refractivity contribution in [3.63, 3.8) is 0 Å². The van der Waals surface area contributed by atoms with E-state index >= 15 is 0 Å². The van der Waals surface area contributed by atoms with Crippen LogP contribution in [0.2, 0.25) is 0 Å². The zero-order valence-corrected chi connectivity index (χ0v) is 11.9. The van der Waals surface area contributed by atoms with Crippen molar-refractivity contribution in [3.8, 4) is 0 Å². The predicted molar refractivity (Wildman–Crippen MR) is 77.5 cm³/mol. The van der Waals surface area contributed by atoms with E-state index in [2.05, 4.69) is 10.6 Å². The number of carbonyl (C=O) groups excluding carboxylic acids is 1. The fourth-order valence-electron chi connectivity index (χ4n) is 2.28. The van der Waals surface area contributed by atoms with Gasteiger partial charge in [0.05, 0.1) is 5.75 Å². The predicted octanol–water partition coefficient (Wildman–Crippen LogP) is 0.413. The first-order valence-corrected chi connectivity index (χ1v) is 8.24. The van der Waals surface area contributed by atoms with Gasteiger partial charge < -0.3 is 10.6 Å². The lowest BCUT2D eigenvalue weighted by Crippen LogP contribution is -2.18. The van der Waals surface area contributed by atoms with E-state index in [1.807, 2.05) is 0 Å². The monoisotopic (exact) mass is 297 g/mol. The zero-order chi connectivity index (χ0) is 14.6. The maximum atomic E-state index is 11.8. The number of hydrogen-bond donors (Lipinski definition) is 3. The Morgan fingerprint density at radius 2 is 2.05 bits per heavy atom. The molecule has 0 aromatic heterocycles. The van der Waals surface area contributed by atoms with Crippen molar-refractivity contribution in [3.05, 3.63) is 29.8 Å². The van der Waals surface area contributed by atoms with Gasteiger partial charge >= 0.3 is 0 Å². The van der Waals surface area contributed by atoms with Crippen LogP contribution in [0.1, 0.15) is 18.4 Å². The Morgan fingerprint density at radius 3 is 2.60 bits per heavy atom. The number of nitrogens with two attached hydrogens (primary N) is 1. The Labute approximate surface area is 118 Å². The largest absolute Gasteiger partial charge is 0.326 e. The molecule has 1 heterocycles. The van der Waals surface area contributed by atoms with Gasteiger partial charge in [-0.3, -0.25) is 4.79 Å². The summed E-state index contributed by atoms with van der Waals surface area (Å²) in [5.74, 6) is 0.184. The highest BCUT2D eigenvalue weighted by Gasteiger charge is 2.17. The van der Waals surface area contributed by atoms with Crippen molar-refractivity contribution < 1.29 is 13.2 Å². The van der Waals surface area contributed by atoms with E-state index in [1.165, 1.54) is 0 Å². The Bertz CT molecular complexity index is 563. The third-order valence-corrected chi connectivity index (χ3v) is 3.98. The maximum Gasteiger partial charge on any atom is 0.224 e. The molecule has 4 N–H and O–H groups in total. The van der Waals surface area contributed by atoms with Gasteiger partial charge in [-0.05, 0) is 43.1 Å². The number of amides is 1. The molecule has 1 fully saturated rings. The van der Waals surface area contributed by atoms with Gasteiger partial charge in [0.2, 0.25) is 15.9 Å². The summed E-state index contributed by atoms with van der Waals surface area (Å²) in [6.45, 7) is 1.86. The van der Waals surface area contributed by atoms with Gasteiger partial charge in [0.1, 0.15) is 0 Å². The van der Waals surface area contributed by atoms with Crippen LogP contribution in [0.3, 0.4) is 0 Å². The Kier molecular flexibility index (Phi) is 4.74. The first kappa shape index (κ1) is 15.0. The quantitative estimate of drug-likeness (QED) is 0.732. The van der Waals surface area contributed by atoms with Crippen molar-refractivity contribution >= 4 is 21.6 Å². The second-order valence-electron chi connectivity index (χ2n) is 5.12. The summed E-state index contributed by atoms with van der Waals surface area (Å²) in [4.78, 5) is 11.8. The van der Waals surface area contributed by atoms with Crippen LogP contribution in [0.25, 0.3) is 0 Å². The van der Waals surface area contributed by atoms with Crippen molar-refractivity contribution in [1.29, 1.82) is 0 Å². The van der Waals surface area contributed by atoms with Crippen LogP contribution in [0.15, 0.2) is 24.3 Å². The summed E-state index contributed by atoms with van der Waals surface area (Å²) in [5.41, 5.74) is 1.27. The summed E-state index contributed by atoms with van der Waals surface area (Å²) < 4.78 is 21.9. The molecule has 0 spiro atoms. The zero-order valence-electron chi connectivity index (χ0n) is 11.1. The van der Waals surface area contributed by atoms with Crippen LogP contribution in [0.5, 0.6) is 0 Å². The van der Waals surface area contributed by atoms with E-state index in [0.29, 0.717) is 23.6 Å². The van der Waals surface area contributed by atoms with Gasteiger partial charge in [-0.15, -0.1) is 0 Å². The second-order valence-corrected chi connectivity index (χ2v) is 6.73. The van der Waals surface area contributed by atoms with Gasteiger partial charge in [-0.2, -0.15) is 0 Å². The van der Waals surface area contributed by atoms with E-state index in [9.17, 15) is 13.2 Å². The number of primary sulfonamides is 1. The molecule has 1 atom stereocenters. The second kappa shape index (κ2) is 6.34. The minimum Gasteiger partial charge on any atom is -0.326 e. The standard InChI is InChI=1S/C13H19N3O3S/c14-20(18,19)9-10-1-3-12(4-2-10)16-13(17)7-11-5-6-15-8-11/h1-4,11,15H,5-9H2,(H,16,17)(H2,14,18,19). The molecule has 0 bridgehead atoms. The number of anilines is 1. The molecule has 0 radical (unpaired) electrons. The molecule has 1 aromatic carbocycles. The van der Waals surface area contributed by atoms with E-state index in [-0.39, 0.29) is 11.7 Å². The first-order valence-electron chi connectivity index (χ1n) is 6.52. The van der Waals surface area contributed by atoms with E-state index in [0.717, 1.165) is 19.5 Å². The highest BCUT2D eigenvalue weighted by Crippen LogP contribution is 2.15. The van der Waals surface area contributed by atoms with E-state index in [4.69, 9.17) is 5.14 Å². The van der Waals surface area contributed by atoms with Gasteiger partial charge in [-0.1, -0.05) is 12.1 Å².